The summed E-state index contributed by atoms with van der Waals surface area (Å²) >= 11 is 0. The SMILES string of the molecule is O=C(C[C@@H]1CCS(=O)(=O)C1)NNC(=O)c1cc2ccccc2o1. The number of carbonyl (C=O) groups is 2. The first-order valence-electron chi connectivity index (χ1n) is 7.21. The first kappa shape index (κ1) is 15.5. The lowest BCUT2D eigenvalue weighted by Crippen LogP contribution is -2.42. The average Bonchev–Trinajstić information content (AvgIpc) is 3.07. The normalized spacial score (nSPS) is 19.6. The highest BCUT2D eigenvalue weighted by Gasteiger charge is 2.29. The summed E-state index contributed by atoms with van der Waals surface area (Å²) in [6, 6.07) is 8.77. The molecule has 1 fully saturated rings. The van der Waals surface area contributed by atoms with Crippen LogP contribution in [-0.4, -0.2) is 31.7 Å². The molecule has 8 heteroatoms. The van der Waals surface area contributed by atoms with Crippen LogP contribution in [0.3, 0.4) is 0 Å². The molecule has 122 valence electrons. The molecule has 1 aromatic heterocycles. The molecule has 23 heavy (non-hydrogen) atoms. The Balaban J connectivity index is 1.53. The van der Waals surface area contributed by atoms with E-state index in [0.717, 1.165) is 5.39 Å². The minimum atomic E-state index is -3.01. The lowest BCUT2D eigenvalue weighted by molar-refractivity contribution is -0.122. The quantitative estimate of drug-likeness (QED) is 0.814. The summed E-state index contributed by atoms with van der Waals surface area (Å²) in [7, 11) is -3.01. The van der Waals surface area contributed by atoms with Crippen LogP contribution in [0.2, 0.25) is 0 Å². The Morgan fingerprint density at radius 3 is 2.70 bits per heavy atom. The highest BCUT2D eigenvalue weighted by molar-refractivity contribution is 7.91. The molecular weight excluding hydrogens is 320 g/mol. The summed E-state index contributed by atoms with van der Waals surface area (Å²) in [5.74, 6) is -0.933. The van der Waals surface area contributed by atoms with Crippen molar-refractivity contribution in [2.24, 2.45) is 5.92 Å². The summed E-state index contributed by atoms with van der Waals surface area (Å²) in [5.41, 5.74) is 5.14. The van der Waals surface area contributed by atoms with Crippen molar-refractivity contribution in [1.29, 1.82) is 0 Å². The van der Waals surface area contributed by atoms with Gasteiger partial charge in [-0.05, 0) is 24.5 Å². The summed E-state index contributed by atoms with van der Waals surface area (Å²) in [6.07, 6.45) is 0.549. The van der Waals surface area contributed by atoms with Gasteiger partial charge in [0.15, 0.2) is 15.6 Å². The van der Waals surface area contributed by atoms with Crippen molar-refractivity contribution in [3.05, 3.63) is 36.1 Å². The number of para-hydroxylation sites is 1. The minimum Gasteiger partial charge on any atom is -0.451 e. The Kier molecular flexibility index (Phi) is 4.08. The molecule has 2 amide bonds. The third-order valence-corrected chi connectivity index (χ3v) is 5.60. The second kappa shape index (κ2) is 6.04. The zero-order valence-electron chi connectivity index (χ0n) is 12.2. The predicted octanol–water partition coefficient (Wildman–Crippen LogP) is 1.02. The van der Waals surface area contributed by atoms with Gasteiger partial charge >= 0.3 is 5.91 Å². The number of fused-ring (bicyclic) bond motifs is 1. The van der Waals surface area contributed by atoms with Gasteiger partial charge in [-0.1, -0.05) is 18.2 Å². The lowest BCUT2D eigenvalue weighted by Gasteiger charge is -2.08. The first-order valence-corrected chi connectivity index (χ1v) is 9.03. The number of hydrogen-bond acceptors (Lipinski definition) is 5. The topological polar surface area (TPSA) is 105 Å². The molecule has 2 heterocycles. The van der Waals surface area contributed by atoms with Crippen molar-refractivity contribution in [3.8, 4) is 0 Å². The van der Waals surface area contributed by atoms with E-state index < -0.39 is 21.7 Å². The predicted molar refractivity (Wildman–Crippen MR) is 83.2 cm³/mol. The van der Waals surface area contributed by atoms with Crippen LogP contribution in [0, 0.1) is 5.92 Å². The molecular formula is C15H16N2O5S. The fraction of sp³-hybridized carbons (Fsp3) is 0.333. The van der Waals surface area contributed by atoms with Crippen molar-refractivity contribution >= 4 is 32.6 Å². The summed E-state index contributed by atoms with van der Waals surface area (Å²) in [6.45, 7) is 0. The van der Waals surface area contributed by atoms with E-state index in [1.54, 1.807) is 18.2 Å². The van der Waals surface area contributed by atoms with Gasteiger partial charge in [0, 0.05) is 11.8 Å². The van der Waals surface area contributed by atoms with Gasteiger partial charge in [0.05, 0.1) is 11.5 Å². The molecule has 2 aromatic rings. The number of carbonyl (C=O) groups excluding carboxylic acids is 2. The van der Waals surface area contributed by atoms with Crippen LogP contribution in [0.5, 0.6) is 0 Å². The van der Waals surface area contributed by atoms with Gasteiger partial charge in [0.2, 0.25) is 5.91 Å². The second-order valence-electron chi connectivity index (χ2n) is 5.62. The molecule has 1 atom stereocenters. The maximum atomic E-state index is 11.9. The van der Waals surface area contributed by atoms with E-state index in [9.17, 15) is 18.0 Å². The van der Waals surface area contributed by atoms with Crippen LogP contribution in [0.15, 0.2) is 34.7 Å². The zero-order valence-corrected chi connectivity index (χ0v) is 13.1. The molecule has 2 N–H and O–H groups in total. The zero-order chi connectivity index (χ0) is 16.4. The minimum absolute atomic E-state index is 0.0257. The summed E-state index contributed by atoms with van der Waals surface area (Å²) in [5, 5.41) is 0.792. The van der Waals surface area contributed by atoms with Crippen LogP contribution in [-0.2, 0) is 14.6 Å². The van der Waals surface area contributed by atoms with Crippen molar-refractivity contribution in [3.63, 3.8) is 0 Å². The molecule has 0 radical (unpaired) electrons. The van der Waals surface area contributed by atoms with E-state index in [0.29, 0.717) is 12.0 Å². The van der Waals surface area contributed by atoms with Crippen molar-refractivity contribution in [2.75, 3.05) is 11.5 Å². The number of benzene rings is 1. The average molecular weight is 336 g/mol. The molecule has 0 bridgehead atoms. The highest BCUT2D eigenvalue weighted by atomic mass is 32.2. The third-order valence-electron chi connectivity index (χ3n) is 3.77. The van der Waals surface area contributed by atoms with Gasteiger partial charge in [0.25, 0.3) is 0 Å². The number of amides is 2. The number of hydrazine groups is 1. The van der Waals surface area contributed by atoms with E-state index in [1.165, 1.54) is 0 Å². The maximum absolute atomic E-state index is 11.9. The number of furan rings is 1. The fourth-order valence-electron chi connectivity index (χ4n) is 2.63. The number of hydrogen-bond donors (Lipinski definition) is 2. The molecule has 0 unspecified atom stereocenters. The van der Waals surface area contributed by atoms with Gasteiger partial charge < -0.3 is 4.42 Å². The monoisotopic (exact) mass is 336 g/mol. The van der Waals surface area contributed by atoms with Crippen LogP contribution in [0.4, 0.5) is 0 Å². The maximum Gasteiger partial charge on any atom is 0.305 e. The van der Waals surface area contributed by atoms with E-state index >= 15 is 0 Å². The van der Waals surface area contributed by atoms with Crippen LogP contribution >= 0.6 is 0 Å². The van der Waals surface area contributed by atoms with Crippen LogP contribution in [0.25, 0.3) is 11.0 Å². The molecule has 1 aliphatic rings. The van der Waals surface area contributed by atoms with Crippen LogP contribution in [0.1, 0.15) is 23.4 Å². The van der Waals surface area contributed by atoms with Gasteiger partial charge in [-0.15, -0.1) is 0 Å². The second-order valence-corrected chi connectivity index (χ2v) is 7.85. The van der Waals surface area contributed by atoms with Gasteiger partial charge in [0.1, 0.15) is 5.58 Å². The molecule has 3 rings (SSSR count). The standard InChI is InChI=1S/C15H16N2O5S/c18-14(7-10-5-6-23(20,21)9-10)16-17-15(19)13-8-11-3-1-2-4-12(11)22-13/h1-4,8,10H,5-7,9H2,(H,16,18)(H,17,19)/t10-/m0/s1. The summed E-state index contributed by atoms with van der Waals surface area (Å²) in [4.78, 5) is 23.7. The summed E-state index contributed by atoms with van der Waals surface area (Å²) < 4.78 is 28.1. The number of rotatable bonds is 3. The Hall–Kier alpha value is -2.35. The number of sulfone groups is 1. The van der Waals surface area contributed by atoms with E-state index in [1.807, 2.05) is 12.1 Å². The molecule has 7 nitrogen and oxygen atoms in total. The van der Waals surface area contributed by atoms with E-state index in [4.69, 9.17) is 4.42 Å². The third kappa shape index (κ3) is 3.70. The van der Waals surface area contributed by atoms with Gasteiger partial charge in [-0.25, -0.2) is 8.42 Å². The smallest absolute Gasteiger partial charge is 0.305 e. The fourth-order valence-corrected chi connectivity index (χ4v) is 4.49. The van der Waals surface area contributed by atoms with Crippen molar-refractivity contribution in [2.45, 2.75) is 12.8 Å². The Morgan fingerprint density at radius 1 is 1.22 bits per heavy atom. The highest BCUT2D eigenvalue weighted by Crippen LogP contribution is 2.21. The largest absolute Gasteiger partial charge is 0.451 e. The van der Waals surface area contributed by atoms with Gasteiger partial charge in [-0.3, -0.25) is 20.4 Å². The lowest BCUT2D eigenvalue weighted by atomic mass is 10.1. The van der Waals surface area contributed by atoms with Gasteiger partial charge in [-0.2, -0.15) is 0 Å². The Morgan fingerprint density at radius 2 is 2.00 bits per heavy atom. The molecule has 0 saturated carbocycles. The Labute approximate surface area is 132 Å². The Bertz CT molecular complexity index is 823. The van der Waals surface area contributed by atoms with Crippen molar-refractivity contribution < 1.29 is 22.4 Å². The van der Waals surface area contributed by atoms with Crippen molar-refractivity contribution in [1.82, 2.24) is 10.9 Å². The van der Waals surface area contributed by atoms with Crippen LogP contribution < -0.4 is 10.9 Å². The molecule has 0 spiro atoms. The first-order chi connectivity index (χ1) is 10.9. The molecule has 0 aliphatic carbocycles. The molecule has 1 saturated heterocycles. The number of nitrogens with one attached hydrogen (secondary N) is 2. The molecule has 1 aromatic carbocycles. The van der Waals surface area contributed by atoms with E-state index in [2.05, 4.69) is 10.9 Å². The van der Waals surface area contributed by atoms with E-state index in [-0.39, 0.29) is 29.6 Å². The molecule has 1 aliphatic heterocycles.